The van der Waals surface area contributed by atoms with Gasteiger partial charge in [-0.1, -0.05) is 53.6 Å². The summed E-state index contributed by atoms with van der Waals surface area (Å²) < 4.78 is 0. The molecule has 0 saturated heterocycles. The predicted molar refractivity (Wildman–Crippen MR) is 61.1 cm³/mol. The molecule has 1 rings (SSSR count). The molecule has 0 aliphatic carbocycles. The van der Waals surface area contributed by atoms with Gasteiger partial charge in [-0.15, -0.1) is 0 Å². The van der Waals surface area contributed by atoms with E-state index in [0.717, 1.165) is 5.57 Å². The van der Waals surface area contributed by atoms with Crippen molar-refractivity contribution < 1.29 is 5.11 Å². The van der Waals surface area contributed by atoms with Crippen LogP contribution in [-0.2, 0) is 0 Å². The molecule has 1 aromatic carbocycles. The second kappa shape index (κ2) is 5.40. The first-order valence-electron chi connectivity index (χ1n) is 4.75. The highest BCUT2D eigenvalue weighted by Crippen LogP contribution is 2.06. The van der Waals surface area contributed by atoms with Crippen LogP contribution in [0.5, 0.6) is 0 Å². The van der Waals surface area contributed by atoms with Crippen molar-refractivity contribution in [2.75, 3.05) is 6.61 Å². The highest BCUT2D eigenvalue weighted by molar-refractivity contribution is 5.52. The Morgan fingerprint density at radius 3 is 2.50 bits per heavy atom. The van der Waals surface area contributed by atoms with Crippen LogP contribution in [0.3, 0.4) is 0 Å². The van der Waals surface area contributed by atoms with Crippen LogP contribution >= 0.6 is 0 Å². The van der Waals surface area contributed by atoms with Crippen molar-refractivity contribution in [1.29, 1.82) is 0 Å². The summed E-state index contributed by atoms with van der Waals surface area (Å²) in [6.45, 7) is 4.15. The van der Waals surface area contributed by atoms with Gasteiger partial charge >= 0.3 is 0 Å². The third-order valence-corrected chi connectivity index (χ3v) is 2.03. The predicted octanol–water partition coefficient (Wildman–Crippen LogP) is 2.95. The number of rotatable bonds is 3. The highest BCUT2D eigenvalue weighted by atomic mass is 16.2. The second-order valence-electron chi connectivity index (χ2n) is 3.37. The molecule has 0 spiro atoms. The summed E-state index contributed by atoms with van der Waals surface area (Å²) in [5.74, 6) is 0. The van der Waals surface area contributed by atoms with Gasteiger partial charge in [-0.2, -0.15) is 0 Å². The third-order valence-electron chi connectivity index (χ3n) is 2.03. The number of benzene rings is 1. The molecule has 1 heteroatoms. The van der Waals surface area contributed by atoms with Crippen LogP contribution in [0.25, 0.3) is 6.08 Å². The van der Waals surface area contributed by atoms with E-state index in [-0.39, 0.29) is 6.61 Å². The molecular weight excluding hydrogens is 172 g/mol. The first kappa shape index (κ1) is 10.7. The fourth-order valence-electron chi connectivity index (χ4n) is 1.12. The van der Waals surface area contributed by atoms with Gasteiger partial charge in [0.1, 0.15) is 0 Å². The molecule has 0 aromatic heterocycles. The normalized spacial score (nSPS) is 12.4. The SMILES string of the molecule is CC(=C/CO)/C=C/c1ccc(C)cc1. The molecule has 0 unspecified atom stereocenters. The number of hydrogen-bond acceptors (Lipinski definition) is 1. The van der Waals surface area contributed by atoms with E-state index in [1.807, 2.05) is 19.1 Å². The molecule has 0 aliphatic heterocycles. The van der Waals surface area contributed by atoms with E-state index in [0.29, 0.717) is 0 Å². The zero-order valence-electron chi connectivity index (χ0n) is 8.70. The van der Waals surface area contributed by atoms with Crippen molar-refractivity contribution >= 4 is 6.08 Å². The third kappa shape index (κ3) is 3.58. The van der Waals surface area contributed by atoms with Gasteiger partial charge in [-0.25, -0.2) is 0 Å². The molecule has 1 nitrogen and oxygen atoms in total. The standard InChI is InChI=1S/C13H16O/c1-11-3-6-13(7-4-11)8-5-12(2)9-10-14/h3-9,14H,10H2,1-2H3/b8-5+,12-9-. The molecule has 1 aromatic rings. The Balaban J connectivity index is 2.69. The van der Waals surface area contributed by atoms with Crippen molar-refractivity contribution in [1.82, 2.24) is 0 Å². The number of aliphatic hydroxyl groups excluding tert-OH is 1. The van der Waals surface area contributed by atoms with Crippen LogP contribution in [-0.4, -0.2) is 11.7 Å². The van der Waals surface area contributed by atoms with Crippen LogP contribution < -0.4 is 0 Å². The van der Waals surface area contributed by atoms with Crippen molar-refractivity contribution in [3.63, 3.8) is 0 Å². The number of hydrogen-bond donors (Lipinski definition) is 1. The minimum absolute atomic E-state index is 0.101. The first-order valence-corrected chi connectivity index (χ1v) is 4.75. The Labute approximate surface area is 85.4 Å². The molecule has 0 radical (unpaired) electrons. The molecule has 14 heavy (non-hydrogen) atoms. The number of allylic oxidation sites excluding steroid dienone is 2. The van der Waals surface area contributed by atoms with Crippen LogP contribution in [0.15, 0.2) is 42.0 Å². The van der Waals surface area contributed by atoms with Gasteiger partial charge in [0.2, 0.25) is 0 Å². The molecular formula is C13H16O. The average Bonchev–Trinajstić information content (AvgIpc) is 2.17. The minimum atomic E-state index is 0.101. The van der Waals surface area contributed by atoms with Gasteiger partial charge in [-0.05, 0) is 19.4 Å². The molecule has 0 aliphatic rings. The molecule has 0 heterocycles. The number of aryl methyl sites for hydroxylation is 1. The topological polar surface area (TPSA) is 20.2 Å². The van der Waals surface area contributed by atoms with E-state index in [4.69, 9.17) is 5.11 Å². The lowest BCUT2D eigenvalue weighted by Crippen LogP contribution is -1.77. The van der Waals surface area contributed by atoms with Gasteiger partial charge in [0.15, 0.2) is 0 Å². The fraction of sp³-hybridized carbons (Fsp3) is 0.231. The maximum Gasteiger partial charge on any atom is 0.0617 e. The van der Waals surface area contributed by atoms with Crippen molar-refractivity contribution in [2.24, 2.45) is 0 Å². The molecule has 1 N–H and O–H groups in total. The Bertz CT molecular complexity index is 331. The van der Waals surface area contributed by atoms with Gasteiger partial charge in [0, 0.05) is 0 Å². The van der Waals surface area contributed by atoms with E-state index in [9.17, 15) is 0 Å². The van der Waals surface area contributed by atoms with E-state index in [1.165, 1.54) is 11.1 Å². The lowest BCUT2D eigenvalue weighted by molar-refractivity contribution is 0.342. The Kier molecular flexibility index (Phi) is 4.14. The Morgan fingerprint density at radius 1 is 1.29 bits per heavy atom. The summed E-state index contributed by atoms with van der Waals surface area (Å²) in [4.78, 5) is 0. The fourth-order valence-corrected chi connectivity index (χ4v) is 1.12. The summed E-state index contributed by atoms with van der Waals surface area (Å²) in [6, 6.07) is 8.34. The molecule has 0 fully saturated rings. The highest BCUT2D eigenvalue weighted by Gasteiger charge is 1.86. The van der Waals surface area contributed by atoms with Crippen molar-refractivity contribution in [3.8, 4) is 0 Å². The Morgan fingerprint density at radius 2 is 1.93 bits per heavy atom. The summed E-state index contributed by atoms with van der Waals surface area (Å²) in [6.07, 6.45) is 5.83. The van der Waals surface area contributed by atoms with Gasteiger partial charge < -0.3 is 5.11 Å². The van der Waals surface area contributed by atoms with Crippen LogP contribution in [0.4, 0.5) is 0 Å². The maximum absolute atomic E-state index is 8.66. The Hall–Kier alpha value is -1.34. The van der Waals surface area contributed by atoms with Crippen molar-refractivity contribution in [2.45, 2.75) is 13.8 Å². The molecule has 74 valence electrons. The van der Waals surface area contributed by atoms with E-state index >= 15 is 0 Å². The van der Waals surface area contributed by atoms with Gasteiger partial charge in [0.25, 0.3) is 0 Å². The zero-order chi connectivity index (χ0) is 10.4. The van der Waals surface area contributed by atoms with Crippen LogP contribution in [0.2, 0.25) is 0 Å². The summed E-state index contributed by atoms with van der Waals surface area (Å²) in [7, 11) is 0. The largest absolute Gasteiger partial charge is 0.392 e. The summed E-state index contributed by atoms with van der Waals surface area (Å²) >= 11 is 0. The van der Waals surface area contributed by atoms with Crippen LogP contribution in [0.1, 0.15) is 18.1 Å². The second-order valence-corrected chi connectivity index (χ2v) is 3.37. The lowest BCUT2D eigenvalue weighted by Gasteiger charge is -1.95. The summed E-state index contributed by atoms with van der Waals surface area (Å²) in [5.41, 5.74) is 3.53. The molecule has 0 atom stereocenters. The minimum Gasteiger partial charge on any atom is -0.392 e. The van der Waals surface area contributed by atoms with Crippen LogP contribution in [0, 0.1) is 6.92 Å². The smallest absolute Gasteiger partial charge is 0.0617 e. The van der Waals surface area contributed by atoms with Gasteiger partial charge in [0.05, 0.1) is 6.61 Å². The first-order chi connectivity index (χ1) is 6.72. The average molecular weight is 188 g/mol. The lowest BCUT2D eigenvalue weighted by atomic mass is 10.1. The van der Waals surface area contributed by atoms with E-state index in [2.05, 4.69) is 31.2 Å². The zero-order valence-corrected chi connectivity index (χ0v) is 8.70. The van der Waals surface area contributed by atoms with Gasteiger partial charge in [-0.3, -0.25) is 0 Å². The molecule has 0 amide bonds. The monoisotopic (exact) mass is 188 g/mol. The molecule has 0 bridgehead atoms. The summed E-state index contributed by atoms with van der Waals surface area (Å²) in [5, 5.41) is 8.66. The molecule has 0 saturated carbocycles. The van der Waals surface area contributed by atoms with E-state index in [1.54, 1.807) is 6.08 Å². The quantitative estimate of drug-likeness (QED) is 0.723. The maximum atomic E-state index is 8.66. The number of aliphatic hydroxyl groups is 1. The van der Waals surface area contributed by atoms with E-state index < -0.39 is 0 Å². The van der Waals surface area contributed by atoms with Crippen molar-refractivity contribution in [3.05, 3.63) is 53.1 Å².